The second-order valence-electron chi connectivity index (χ2n) is 3.61. The van der Waals surface area contributed by atoms with Crippen LogP contribution < -0.4 is 0 Å². The molecule has 0 heterocycles. The Kier molecular flexibility index (Phi) is 3.07. The quantitative estimate of drug-likeness (QED) is 0.609. The molecule has 0 bridgehead atoms. The molecule has 0 aromatic heterocycles. The van der Waals surface area contributed by atoms with Crippen LogP contribution in [0.4, 0.5) is 22.0 Å². The maximum absolute atomic E-state index is 14.0. The Balaban J connectivity index is 3.53. The summed E-state index contributed by atoms with van der Waals surface area (Å²) in [5.41, 5.74) is -8.28. The number of carboxylic acid groups (broad SMARTS) is 1. The van der Waals surface area contributed by atoms with E-state index in [1.807, 2.05) is 0 Å². The van der Waals surface area contributed by atoms with E-state index in [1.165, 1.54) is 0 Å². The molecule has 0 spiro atoms. The van der Waals surface area contributed by atoms with Gasteiger partial charge in [-0.05, 0) is 25.2 Å². The van der Waals surface area contributed by atoms with Crippen LogP contribution in [-0.2, 0) is 4.79 Å². The third-order valence-electron chi connectivity index (χ3n) is 2.56. The monoisotopic (exact) mass is 256 g/mol. The maximum atomic E-state index is 14.0. The molecule has 0 aliphatic heterocycles. The lowest BCUT2D eigenvalue weighted by Crippen LogP contribution is -2.66. The number of allylic oxidation sites excluding steroid dienone is 3. The Hall–Kier alpha value is -1.40. The summed E-state index contributed by atoms with van der Waals surface area (Å²) in [6, 6.07) is 0. The predicted octanol–water partition coefficient (Wildman–Crippen LogP) is 2.61. The van der Waals surface area contributed by atoms with Gasteiger partial charge in [0.15, 0.2) is 6.17 Å². The highest BCUT2D eigenvalue weighted by atomic mass is 19.3. The molecule has 0 aromatic carbocycles. The first-order valence-electron chi connectivity index (χ1n) is 4.60. The largest absolute Gasteiger partial charge is 0.479 e. The van der Waals surface area contributed by atoms with Gasteiger partial charge in [0.05, 0.1) is 0 Å². The summed E-state index contributed by atoms with van der Waals surface area (Å²) in [6.07, 6.45) is -2.38. The first kappa shape index (κ1) is 13.7. The molecule has 7 heteroatoms. The molecular weight excluding hydrogens is 247 g/mol. The van der Waals surface area contributed by atoms with Crippen LogP contribution in [0, 0.1) is 0 Å². The van der Waals surface area contributed by atoms with Crippen LogP contribution in [0.15, 0.2) is 24.3 Å². The van der Waals surface area contributed by atoms with Gasteiger partial charge >= 0.3 is 11.9 Å². The molecule has 1 aliphatic rings. The normalized spacial score (nSPS) is 40.7. The summed E-state index contributed by atoms with van der Waals surface area (Å²) < 4.78 is 67.4. The van der Waals surface area contributed by atoms with E-state index in [9.17, 15) is 26.7 Å². The zero-order valence-corrected chi connectivity index (χ0v) is 8.63. The van der Waals surface area contributed by atoms with E-state index in [4.69, 9.17) is 5.11 Å². The predicted molar refractivity (Wildman–Crippen MR) is 49.1 cm³/mol. The van der Waals surface area contributed by atoms with Crippen molar-refractivity contribution in [2.75, 3.05) is 0 Å². The van der Waals surface area contributed by atoms with Gasteiger partial charge in [0.1, 0.15) is 0 Å². The fourth-order valence-corrected chi connectivity index (χ4v) is 1.59. The van der Waals surface area contributed by atoms with Crippen molar-refractivity contribution in [1.29, 1.82) is 0 Å². The van der Waals surface area contributed by atoms with Crippen molar-refractivity contribution in [3.63, 3.8) is 0 Å². The van der Waals surface area contributed by atoms with Crippen molar-refractivity contribution >= 4 is 5.97 Å². The third-order valence-corrected chi connectivity index (χ3v) is 2.56. The first-order valence-corrected chi connectivity index (χ1v) is 4.60. The number of hydrogen-bond acceptors (Lipinski definition) is 1. The molecule has 96 valence electrons. The summed E-state index contributed by atoms with van der Waals surface area (Å²) in [4.78, 5) is 10.6. The summed E-state index contributed by atoms with van der Waals surface area (Å²) in [7, 11) is 0. The Morgan fingerprint density at radius 1 is 1.35 bits per heavy atom. The van der Waals surface area contributed by atoms with Crippen molar-refractivity contribution in [3.8, 4) is 0 Å². The van der Waals surface area contributed by atoms with Crippen molar-refractivity contribution in [2.45, 2.75) is 30.4 Å². The number of aliphatic carboxylic acids is 1. The van der Waals surface area contributed by atoms with Gasteiger partial charge in [0, 0.05) is 0 Å². The van der Waals surface area contributed by atoms with E-state index in [0.29, 0.717) is 6.08 Å². The summed E-state index contributed by atoms with van der Waals surface area (Å²) in [5, 5.41) is 8.52. The van der Waals surface area contributed by atoms with Crippen molar-refractivity contribution in [1.82, 2.24) is 0 Å². The van der Waals surface area contributed by atoms with Gasteiger partial charge < -0.3 is 5.11 Å². The molecular formula is C10H9F5O2. The molecule has 0 saturated heterocycles. The highest BCUT2D eigenvalue weighted by Crippen LogP contribution is 2.51. The van der Waals surface area contributed by atoms with Crippen molar-refractivity contribution < 1.29 is 31.9 Å². The molecule has 17 heavy (non-hydrogen) atoms. The number of hydrogen-bond donors (Lipinski definition) is 1. The Labute approximate surface area is 93.4 Å². The Bertz CT molecular complexity index is 392. The van der Waals surface area contributed by atoms with Crippen molar-refractivity contribution in [2.24, 2.45) is 0 Å². The molecule has 3 atom stereocenters. The van der Waals surface area contributed by atoms with Crippen LogP contribution in [0.25, 0.3) is 0 Å². The molecule has 1 aliphatic carbocycles. The highest BCUT2D eigenvalue weighted by molar-refractivity contribution is 5.83. The fraction of sp³-hybridized carbons (Fsp3) is 0.500. The molecule has 3 unspecified atom stereocenters. The molecule has 1 rings (SSSR count). The van der Waals surface area contributed by atoms with E-state index < -0.39 is 29.4 Å². The maximum Gasteiger partial charge on any atom is 0.349 e. The van der Waals surface area contributed by atoms with Crippen LogP contribution >= 0.6 is 0 Å². The van der Waals surface area contributed by atoms with Gasteiger partial charge in [-0.15, -0.1) is 0 Å². The molecule has 0 saturated carbocycles. The fourth-order valence-electron chi connectivity index (χ4n) is 1.59. The van der Waals surface area contributed by atoms with Gasteiger partial charge in [0.25, 0.3) is 5.67 Å². The van der Waals surface area contributed by atoms with Crippen LogP contribution in [0.5, 0.6) is 0 Å². The van der Waals surface area contributed by atoms with Crippen LogP contribution in [-0.4, -0.2) is 34.5 Å². The molecule has 1 N–H and O–H groups in total. The molecule has 0 aromatic rings. The van der Waals surface area contributed by atoms with E-state index in [1.54, 1.807) is 0 Å². The Morgan fingerprint density at radius 2 is 1.88 bits per heavy atom. The van der Waals surface area contributed by atoms with Crippen LogP contribution in [0.3, 0.4) is 0 Å². The summed E-state index contributed by atoms with van der Waals surface area (Å²) in [6.45, 7) is 1.09. The second kappa shape index (κ2) is 3.82. The third kappa shape index (κ3) is 1.56. The lowest BCUT2D eigenvalue weighted by atomic mass is 9.74. The smallest absolute Gasteiger partial charge is 0.349 e. The summed E-state index contributed by atoms with van der Waals surface area (Å²) in [5.74, 6) is -7.25. The number of halogens is 5. The first-order chi connectivity index (χ1) is 7.63. The SMILES string of the molecule is CC=CC1(F)C(F)(C(=O)O)C=CC(F)C1(F)F. The minimum atomic E-state index is -4.80. The number of rotatable bonds is 2. The topological polar surface area (TPSA) is 37.3 Å². The van der Waals surface area contributed by atoms with Crippen LogP contribution in [0.1, 0.15) is 6.92 Å². The number of carboxylic acids is 1. The van der Waals surface area contributed by atoms with Gasteiger partial charge in [-0.1, -0.05) is 6.08 Å². The highest BCUT2D eigenvalue weighted by Gasteiger charge is 2.74. The number of carbonyl (C=O) groups is 1. The molecule has 0 radical (unpaired) electrons. The molecule has 0 amide bonds. The minimum absolute atomic E-state index is 0.00937. The average molecular weight is 256 g/mol. The van der Waals surface area contributed by atoms with E-state index >= 15 is 0 Å². The van der Waals surface area contributed by atoms with Gasteiger partial charge in [-0.3, -0.25) is 0 Å². The van der Waals surface area contributed by atoms with Crippen LogP contribution in [0.2, 0.25) is 0 Å². The molecule has 0 fully saturated rings. The molecule has 2 nitrogen and oxygen atoms in total. The van der Waals surface area contributed by atoms with Crippen molar-refractivity contribution in [3.05, 3.63) is 24.3 Å². The van der Waals surface area contributed by atoms with Gasteiger partial charge in [-0.2, -0.15) is 8.78 Å². The lowest BCUT2D eigenvalue weighted by molar-refractivity contribution is -0.208. The lowest BCUT2D eigenvalue weighted by Gasteiger charge is -2.41. The van der Waals surface area contributed by atoms with E-state index in [2.05, 4.69) is 0 Å². The minimum Gasteiger partial charge on any atom is -0.479 e. The zero-order valence-electron chi connectivity index (χ0n) is 8.63. The second-order valence-corrected chi connectivity index (χ2v) is 3.61. The number of alkyl halides is 5. The van der Waals surface area contributed by atoms with E-state index in [-0.39, 0.29) is 18.2 Å². The standard InChI is InChI=1S/C10H9F5O2/c1-2-4-9(13)8(12,7(16)17)5-3-6(11)10(9,14)15/h2-6H,1H3,(H,16,17). The van der Waals surface area contributed by atoms with E-state index in [0.717, 1.165) is 6.92 Å². The van der Waals surface area contributed by atoms with Gasteiger partial charge in [0.2, 0.25) is 5.67 Å². The van der Waals surface area contributed by atoms with Gasteiger partial charge in [-0.25, -0.2) is 18.0 Å². The average Bonchev–Trinajstić information content (AvgIpc) is 2.22. The summed E-state index contributed by atoms with van der Waals surface area (Å²) >= 11 is 0. The Morgan fingerprint density at radius 3 is 2.29 bits per heavy atom. The zero-order chi connectivity index (χ0) is 13.5.